The molecule has 1 amide bonds. The van der Waals surface area contributed by atoms with Crippen LogP contribution in [0.1, 0.15) is 15.9 Å². The van der Waals surface area contributed by atoms with Gasteiger partial charge in [-0.25, -0.2) is 0 Å². The van der Waals surface area contributed by atoms with Gasteiger partial charge in [-0.1, -0.05) is 48.5 Å². The number of carbonyl (C=O) groups excluding carboxylic acids is 1. The summed E-state index contributed by atoms with van der Waals surface area (Å²) in [7, 11) is 1.65. The Bertz CT molecular complexity index is 1230. The average molecular weight is 453 g/mol. The number of piperazine rings is 1. The summed E-state index contributed by atoms with van der Waals surface area (Å²) in [4.78, 5) is 17.9. The SMILES string of the molecule is COc1ccc(-c2nn(Cc3ccccc3)cc2C(=O)N2CCN(c3ccccc3)CC2)cc1. The molecule has 172 valence electrons. The fourth-order valence-electron chi connectivity index (χ4n) is 4.37. The third kappa shape index (κ3) is 4.66. The first-order chi connectivity index (χ1) is 16.7. The van der Waals surface area contributed by atoms with E-state index in [2.05, 4.69) is 41.3 Å². The monoisotopic (exact) mass is 452 g/mol. The maximum atomic E-state index is 13.7. The van der Waals surface area contributed by atoms with Crippen molar-refractivity contribution in [1.29, 1.82) is 0 Å². The Balaban J connectivity index is 1.40. The van der Waals surface area contributed by atoms with Crippen molar-refractivity contribution in [3.05, 3.63) is 102 Å². The van der Waals surface area contributed by atoms with Crippen LogP contribution < -0.4 is 9.64 Å². The summed E-state index contributed by atoms with van der Waals surface area (Å²) in [6.07, 6.45) is 1.89. The maximum absolute atomic E-state index is 13.7. The molecule has 1 saturated heterocycles. The van der Waals surface area contributed by atoms with Crippen molar-refractivity contribution in [3.8, 4) is 17.0 Å². The zero-order chi connectivity index (χ0) is 23.3. The fraction of sp³-hybridized carbons (Fsp3) is 0.214. The summed E-state index contributed by atoms with van der Waals surface area (Å²) in [5.41, 5.74) is 4.58. The molecule has 6 heteroatoms. The van der Waals surface area contributed by atoms with Crippen LogP contribution in [0.3, 0.4) is 0 Å². The van der Waals surface area contributed by atoms with E-state index in [1.165, 1.54) is 5.69 Å². The zero-order valence-electron chi connectivity index (χ0n) is 19.3. The Kier molecular flexibility index (Phi) is 6.29. The van der Waals surface area contributed by atoms with Gasteiger partial charge in [-0.15, -0.1) is 0 Å². The second kappa shape index (κ2) is 9.83. The highest BCUT2D eigenvalue weighted by Gasteiger charge is 2.26. The van der Waals surface area contributed by atoms with Gasteiger partial charge in [0.25, 0.3) is 5.91 Å². The molecule has 3 aromatic carbocycles. The number of benzene rings is 3. The summed E-state index contributed by atoms with van der Waals surface area (Å²) in [5.74, 6) is 0.801. The molecule has 2 heterocycles. The Morgan fingerprint density at radius 2 is 1.50 bits per heavy atom. The van der Waals surface area contributed by atoms with Crippen LogP contribution in [0.25, 0.3) is 11.3 Å². The molecule has 0 N–H and O–H groups in total. The number of nitrogens with zero attached hydrogens (tertiary/aromatic N) is 4. The van der Waals surface area contributed by atoms with Gasteiger partial charge in [0.15, 0.2) is 0 Å². The van der Waals surface area contributed by atoms with Gasteiger partial charge >= 0.3 is 0 Å². The van der Waals surface area contributed by atoms with E-state index in [9.17, 15) is 4.79 Å². The van der Waals surface area contributed by atoms with Gasteiger partial charge in [0, 0.05) is 43.6 Å². The van der Waals surface area contributed by atoms with E-state index in [-0.39, 0.29) is 5.91 Å². The minimum Gasteiger partial charge on any atom is -0.497 e. The highest BCUT2D eigenvalue weighted by Crippen LogP contribution is 2.27. The molecule has 0 atom stereocenters. The molecule has 0 spiro atoms. The van der Waals surface area contributed by atoms with E-state index in [1.54, 1.807) is 7.11 Å². The smallest absolute Gasteiger partial charge is 0.257 e. The van der Waals surface area contributed by atoms with Crippen LogP contribution in [0.5, 0.6) is 5.75 Å². The van der Waals surface area contributed by atoms with Crippen LogP contribution >= 0.6 is 0 Å². The van der Waals surface area contributed by atoms with Gasteiger partial charge in [0.2, 0.25) is 0 Å². The van der Waals surface area contributed by atoms with Gasteiger partial charge in [-0.2, -0.15) is 5.10 Å². The number of ether oxygens (including phenoxy) is 1. The van der Waals surface area contributed by atoms with Gasteiger partial charge in [0.05, 0.1) is 19.2 Å². The van der Waals surface area contributed by atoms with Crippen molar-refractivity contribution in [3.63, 3.8) is 0 Å². The van der Waals surface area contributed by atoms with Crippen molar-refractivity contribution >= 4 is 11.6 Å². The molecule has 0 radical (unpaired) electrons. The summed E-state index contributed by atoms with van der Waals surface area (Å²) in [6.45, 7) is 3.59. The topological polar surface area (TPSA) is 50.6 Å². The molecule has 5 rings (SSSR count). The quantitative estimate of drug-likeness (QED) is 0.430. The first-order valence-electron chi connectivity index (χ1n) is 11.6. The van der Waals surface area contributed by atoms with Crippen LogP contribution in [-0.2, 0) is 6.54 Å². The van der Waals surface area contributed by atoms with E-state index in [1.807, 2.05) is 64.3 Å². The fourth-order valence-corrected chi connectivity index (χ4v) is 4.37. The van der Waals surface area contributed by atoms with Crippen molar-refractivity contribution in [2.75, 3.05) is 38.2 Å². The van der Waals surface area contributed by atoms with Crippen molar-refractivity contribution in [2.45, 2.75) is 6.54 Å². The molecular weight excluding hydrogens is 424 g/mol. The number of para-hydroxylation sites is 1. The molecule has 0 unspecified atom stereocenters. The van der Waals surface area contributed by atoms with Crippen molar-refractivity contribution in [1.82, 2.24) is 14.7 Å². The molecule has 4 aromatic rings. The van der Waals surface area contributed by atoms with E-state index >= 15 is 0 Å². The first kappa shape index (κ1) is 21.8. The van der Waals surface area contributed by atoms with Gasteiger partial charge in [-0.05, 0) is 42.0 Å². The zero-order valence-corrected chi connectivity index (χ0v) is 19.3. The van der Waals surface area contributed by atoms with Crippen LogP contribution in [0.4, 0.5) is 5.69 Å². The lowest BCUT2D eigenvalue weighted by molar-refractivity contribution is 0.0747. The van der Waals surface area contributed by atoms with E-state index in [0.717, 1.165) is 30.0 Å². The van der Waals surface area contributed by atoms with Crippen LogP contribution in [0, 0.1) is 0 Å². The lowest BCUT2D eigenvalue weighted by atomic mass is 10.1. The van der Waals surface area contributed by atoms with E-state index in [4.69, 9.17) is 9.84 Å². The lowest BCUT2D eigenvalue weighted by Crippen LogP contribution is -2.48. The highest BCUT2D eigenvalue weighted by molar-refractivity contribution is 6.00. The van der Waals surface area contributed by atoms with Gasteiger partial charge < -0.3 is 14.5 Å². The molecule has 1 aliphatic heterocycles. The molecule has 0 bridgehead atoms. The number of rotatable bonds is 6. The Labute approximate surface area is 200 Å². The molecule has 34 heavy (non-hydrogen) atoms. The maximum Gasteiger partial charge on any atom is 0.257 e. The molecular formula is C28H28N4O2. The van der Waals surface area contributed by atoms with Crippen molar-refractivity contribution in [2.24, 2.45) is 0 Å². The number of methoxy groups -OCH3 is 1. The molecule has 1 fully saturated rings. The largest absolute Gasteiger partial charge is 0.497 e. The minimum absolute atomic E-state index is 0.0258. The molecule has 1 aliphatic rings. The van der Waals surface area contributed by atoms with Gasteiger partial charge in [-0.3, -0.25) is 9.48 Å². The van der Waals surface area contributed by atoms with Crippen LogP contribution in [0.2, 0.25) is 0 Å². The number of amides is 1. The summed E-state index contributed by atoms with van der Waals surface area (Å²) < 4.78 is 7.17. The number of anilines is 1. The third-order valence-corrected chi connectivity index (χ3v) is 6.23. The van der Waals surface area contributed by atoms with Crippen LogP contribution in [0.15, 0.2) is 91.1 Å². The first-order valence-corrected chi connectivity index (χ1v) is 11.6. The molecule has 0 saturated carbocycles. The summed E-state index contributed by atoms with van der Waals surface area (Å²) >= 11 is 0. The lowest BCUT2D eigenvalue weighted by Gasteiger charge is -2.36. The molecule has 1 aromatic heterocycles. The van der Waals surface area contributed by atoms with Crippen LogP contribution in [-0.4, -0.2) is 53.9 Å². The van der Waals surface area contributed by atoms with E-state index in [0.29, 0.717) is 30.9 Å². The Morgan fingerprint density at radius 1 is 0.853 bits per heavy atom. The van der Waals surface area contributed by atoms with Crippen molar-refractivity contribution < 1.29 is 9.53 Å². The second-order valence-electron chi connectivity index (χ2n) is 8.42. The predicted octanol–water partition coefficient (Wildman–Crippen LogP) is 4.57. The van der Waals surface area contributed by atoms with Gasteiger partial charge in [0.1, 0.15) is 11.4 Å². The highest BCUT2D eigenvalue weighted by atomic mass is 16.5. The number of carbonyl (C=O) groups is 1. The normalized spacial score (nSPS) is 13.7. The molecule has 6 nitrogen and oxygen atoms in total. The minimum atomic E-state index is 0.0258. The Hall–Kier alpha value is -4.06. The standard InChI is InChI=1S/C28H28N4O2/c1-34-25-14-12-23(13-15-25)27-26(21-32(29-27)20-22-8-4-2-5-9-22)28(33)31-18-16-30(17-19-31)24-10-6-3-7-11-24/h2-15,21H,16-20H2,1H3. The molecule has 0 aliphatic carbocycles. The third-order valence-electron chi connectivity index (χ3n) is 6.23. The Morgan fingerprint density at radius 3 is 2.15 bits per heavy atom. The summed E-state index contributed by atoms with van der Waals surface area (Å²) in [6, 6.07) is 28.2. The second-order valence-corrected chi connectivity index (χ2v) is 8.42. The average Bonchev–Trinajstić information content (AvgIpc) is 3.33. The number of hydrogen-bond acceptors (Lipinski definition) is 4. The summed E-state index contributed by atoms with van der Waals surface area (Å²) in [5, 5.41) is 4.83. The predicted molar refractivity (Wildman–Crippen MR) is 134 cm³/mol. The van der Waals surface area contributed by atoms with E-state index < -0.39 is 0 Å². The number of hydrogen-bond donors (Lipinski definition) is 0. The number of aromatic nitrogens is 2.